The number of carbonyl (C=O) groups excluding carboxylic acids is 1. The Balaban J connectivity index is 1.28. The van der Waals surface area contributed by atoms with Gasteiger partial charge in [0.05, 0.1) is 5.52 Å². The fourth-order valence-corrected chi connectivity index (χ4v) is 5.49. The Bertz CT molecular complexity index is 862. The SMILES string of the molecule is O=C(NCc1cccn2nccc12)[C@@]12CCCCN1C[C@@H](NC1CCOCC1)C2. The maximum Gasteiger partial charge on any atom is 0.240 e. The van der Waals surface area contributed by atoms with Crippen LogP contribution in [0, 0.1) is 0 Å². The molecule has 0 bridgehead atoms. The number of fused-ring (bicyclic) bond motifs is 2. The van der Waals surface area contributed by atoms with Crippen LogP contribution >= 0.6 is 0 Å². The van der Waals surface area contributed by atoms with Crippen LogP contribution in [0.15, 0.2) is 30.6 Å². The van der Waals surface area contributed by atoms with Crippen LogP contribution in [0.5, 0.6) is 0 Å². The van der Waals surface area contributed by atoms with Crippen LogP contribution in [0.4, 0.5) is 0 Å². The fraction of sp³-hybridized carbons (Fsp3) is 0.636. The summed E-state index contributed by atoms with van der Waals surface area (Å²) in [5.74, 6) is 0.190. The number of rotatable bonds is 5. The maximum atomic E-state index is 13.5. The summed E-state index contributed by atoms with van der Waals surface area (Å²) in [6, 6.07) is 6.96. The van der Waals surface area contributed by atoms with Gasteiger partial charge in [-0.3, -0.25) is 9.69 Å². The summed E-state index contributed by atoms with van der Waals surface area (Å²) in [6.45, 7) is 4.24. The molecule has 156 valence electrons. The van der Waals surface area contributed by atoms with Gasteiger partial charge in [0, 0.05) is 50.8 Å². The number of carbonyl (C=O) groups is 1. The Morgan fingerprint density at radius 3 is 3.03 bits per heavy atom. The van der Waals surface area contributed by atoms with Gasteiger partial charge in [0.15, 0.2) is 0 Å². The summed E-state index contributed by atoms with van der Waals surface area (Å²) in [5, 5.41) is 11.4. The number of hydrogen-bond donors (Lipinski definition) is 2. The molecular weight excluding hydrogens is 366 g/mol. The molecule has 3 aliphatic rings. The zero-order chi connectivity index (χ0) is 19.7. The van der Waals surface area contributed by atoms with Crippen molar-refractivity contribution in [1.29, 1.82) is 0 Å². The predicted octanol–water partition coefficient (Wildman–Crippen LogP) is 1.72. The number of ether oxygens (including phenoxy) is 1. The molecule has 3 fully saturated rings. The molecule has 2 aromatic heterocycles. The molecule has 5 heterocycles. The Hall–Kier alpha value is -1.96. The Morgan fingerprint density at radius 1 is 1.24 bits per heavy atom. The van der Waals surface area contributed by atoms with E-state index < -0.39 is 0 Å². The van der Waals surface area contributed by atoms with E-state index in [1.807, 2.05) is 22.8 Å². The second-order valence-electron chi connectivity index (χ2n) is 8.77. The highest BCUT2D eigenvalue weighted by Crippen LogP contribution is 2.38. The zero-order valence-corrected chi connectivity index (χ0v) is 17.0. The molecule has 0 aliphatic carbocycles. The Labute approximate surface area is 171 Å². The molecule has 1 amide bonds. The lowest BCUT2D eigenvalue weighted by molar-refractivity contribution is -0.134. The molecule has 2 N–H and O–H groups in total. The van der Waals surface area contributed by atoms with E-state index in [-0.39, 0.29) is 11.4 Å². The largest absolute Gasteiger partial charge is 0.381 e. The summed E-state index contributed by atoms with van der Waals surface area (Å²) < 4.78 is 7.35. The predicted molar refractivity (Wildman–Crippen MR) is 111 cm³/mol. The van der Waals surface area contributed by atoms with Gasteiger partial charge in [0.25, 0.3) is 0 Å². The van der Waals surface area contributed by atoms with E-state index in [4.69, 9.17) is 4.74 Å². The number of amides is 1. The van der Waals surface area contributed by atoms with E-state index >= 15 is 0 Å². The average molecular weight is 398 g/mol. The van der Waals surface area contributed by atoms with Crippen LogP contribution in [0.2, 0.25) is 0 Å². The lowest BCUT2D eigenvalue weighted by Crippen LogP contribution is -2.57. The van der Waals surface area contributed by atoms with Crippen molar-refractivity contribution in [2.75, 3.05) is 26.3 Å². The summed E-state index contributed by atoms with van der Waals surface area (Å²) in [4.78, 5) is 15.9. The highest BCUT2D eigenvalue weighted by atomic mass is 16.5. The third kappa shape index (κ3) is 3.67. The van der Waals surface area contributed by atoms with Gasteiger partial charge >= 0.3 is 0 Å². The van der Waals surface area contributed by atoms with Crippen LogP contribution in [0.25, 0.3) is 5.52 Å². The summed E-state index contributed by atoms with van der Waals surface area (Å²) in [5.41, 5.74) is 1.80. The van der Waals surface area contributed by atoms with Gasteiger partial charge in [-0.15, -0.1) is 0 Å². The van der Waals surface area contributed by atoms with Crippen molar-refractivity contribution in [1.82, 2.24) is 25.1 Å². The molecule has 29 heavy (non-hydrogen) atoms. The molecule has 0 radical (unpaired) electrons. The minimum atomic E-state index is -0.355. The van der Waals surface area contributed by atoms with Crippen molar-refractivity contribution < 1.29 is 9.53 Å². The first-order valence-corrected chi connectivity index (χ1v) is 11.0. The molecule has 7 heteroatoms. The molecule has 0 spiro atoms. The maximum absolute atomic E-state index is 13.5. The van der Waals surface area contributed by atoms with Gasteiger partial charge in [-0.05, 0) is 62.8 Å². The second-order valence-corrected chi connectivity index (χ2v) is 8.77. The molecular formula is C22H31N5O2. The highest BCUT2D eigenvalue weighted by Gasteiger charge is 2.51. The van der Waals surface area contributed by atoms with E-state index in [0.717, 1.165) is 69.5 Å². The van der Waals surface area contributed by atoms with E-state index in [1.165, 1.54) is 6.42 Å². The normalized spacial score (nSPS) is 28.5. The summed E-state index contributed by atoms with van der Waals surface area (Å²) in [7, 11) is 0. The van der Waals surface area contributed by atoms with Crippen LogP contribution in [0.3, 0.4) is 0 Å². The quantitative estimate of drug-likeness (QED) is 0.804. The smallest absolute Gasteiger partial charge is 0.240 e. The first kappa shape index (κ1) is 19.0. The second kappa shape index (κ2) is 8.05. The van der Waals surface area contributed by atoms with Crippen molar-refractivity contribution in [3.05, 3.63) is 36.2 Å². The highest BCUT2D eigenvalue weighted by molar-refractivity contribution is 5.87. The first-order valence-electron chi connectivity index (χ1n) is 11.0. The number of hydrogen-bond acceptors (Lipinski definition) is 5. The van der Waals surface area contributed by atoms with Crippen LogP contribution in [-0.4, -0.2) is 64.3 Å². The van der Waals surface area contributed by atoms with Gasteiger partial charge in [-0.1, -0.05) is 6.07 Å². The van der Waals surface area contributed by atoms with E-state index in [1.54, 1.807) is 6.20 Å². The third-order valence-electron chi connectivity index (χ3n) is 6.98. The molecule has 3 saturated heterocycles. The van der Waals surface area contributed by atoms with Gasteiger partial charge in [0.1, 0.15) is 5.54 Å². The monoisotopic (exact) mass is 397 g/mol. The van der Waals surface area contributed by atoms with Crippen LogP contribution < -0.4 is 10.6 Å². The van der Waals surface area contributed by atoms with Crippen molar-refractivity contribution in [2.24, 2.45) is 0 Å². The lowest BCUT2D eigenvalue weighted by Gasteiger charge is -2.40. The first-order chi connectivity index (χ1) is 14.2. The van der Waals surface area contributed by atoms with Crippen molar-refractivity contribution in [3.63, 3.8) is 0 Å². The van der Waals surface area contributed by atoms with Crippen molar-refractivity contribution >= 4 is 11.4 Å². The van der Waals surface area contributed by atoms with Gasteiger partial charge in [-0.2, -0.15) is 5.10 Å². The average Bonchev–Trinajstić information content (AvgIpc) is 3.37. The minimum absolute atomic E-state index is 0.190. The lowest BCUT2D eigenvalue weighted by atomic mass is 9.84. The third-order valence-corrected chi connectivity index (χ3v) is 6.98. The van der Waals surface area contributed by atoms with Crippen molar-refractivity contribution in [3.8, 4) is 0 Å². The van der Waals surface area contributed by atoms with Gasteiger partial charge in [0.2, 0.25) is 5.91 Å². The number of aromatic nitrogens is 2. The molecule has 0 saturated carbocycles. The zero-order valence-electron chi connectivity index (χ0n) is 17.0. The topological polar surface area (TPSA) is 70.9 Å². The molecule has 0 aromatic carbocycles. The summed E-state index contributed by atoms with van der Waals surface area (Å²) >= 11 is 0. The Kier molecular flexibility index (Phi) is 5.28. The molecule has 2 atom stereocenters. The molecule has 0 unspecified atom stereocenters. The minimum Gasteiger partial charge on any atom is -0.381 e. The van der Waals surface area contributed by atoms with E-state index in [2.05, 4.69) is 26.7 Å². The Morgan fingerprint density at radius 2 is 2.14 bits per heavy atom. The van der Waals surface area contributed by atoms with E-state index in [9.17, 15) is 4.79 Å². The number of nitrogens with one attached hydrogen (secondary N) is 2. The van der Waals surface area contributed by atoms with E-state index in [0.29, 0.717) is 18.6 Å². The summed E-state index contributed by atoms with van der Waals surface area (Å²) in [6.07, 6.45) is 10.1. The van der Waals surface area contributed by atoms with Gasteiger partial charge in [-0.25, -0.2) is 4.52 Å². The number of nitrogens with zero attached hydrogens (tertiary/aromatic N) is 3. The van der Waals surface area contributed by atoms with Crippen LogP contribution in [-0.2, 0) is 16.1 Å². The molecule has 7 nitrogen and oxygen atoms in total. The molecule has 2 aromatic rings. The van der Waals surface area contributed by atoms with Crippen molar-refractivity contribution in [2.45, 2.75) is 62.7 Å². The molecule has 3 aliphatic heterocycles. The van der Waals surface area contributed by atoms with Gasteiger partial charge < -0.3 is 15.4 Å². The number of piperidine rings is 1. The molecule has 5 rings (SSSR count). The standard InChI is InChI=1S/C22H31N5O2/c28-21(23-15-17-4-3-11-27-20(17)5-9-24-27)22-8-1-2-10-26(22)16-19(14-22)25-18-6-12-29-13-7-18/h3-5,9,11,18-19,25H,1-2,6-8,10,12-16H2,(H,23,28)/t19-,22-/m0/s1. The van der Waals surface area contributed by atoms with Crippen LogP contribution in [0.1, 0.15) is 44.1 Å². The fourth-order valence-electron chi connectivity index (χ4n) is 5.49. The number of pyridine rings is 1.